The standard InChI is InChI=1S/C12H15ClFNO3/c1-6-5-7(8(15)3-4-9(16)17)11(14)12(18-2)10(6)13/h5,8H,3-4,15H2,1-2H3,(H,16,17). The topological polar surface area (TPSA) is 72.5 Å². The van der Waals surface area contributed by atoms with Crippen LogP contribution in [0.4, 0.5) is 4.39 Å². The molecular weight excluding hydrogens is 261 g/mol. The average molecular weight is 276 g/mol. The van der Waals surface area contributed by atoms with Gasteiger partial charge in [0, 0.05) is 18.0 Å². The van der Waals surface area contributed by atoms with Crippen LogP contribution in [0.5, 0.6) is 5.75 Å². The quantitative estimate of drug-likeness (QED) is 0.866. The molecule has 3 N–H and O–H groups in total. The Balaban J connectivity index is 3.09. The minimum Gasteiger partial charge on any atom is -0.492 e. The highest BCUT2D eigenvalue weighted by molar-refractivity contribution is 6.32. The van der Waals surface area contributed by atoms with Gasteiger partial charge in [0.15, 0.2) is 11.6 Å². The molecule has 4 nitrogen and oxygen atoms in total. The Labute approximate surface area is 109 Å². The predicted molar refractivity (Wildman–Crippen MR) is 66.5 cm³/mol. The maximum atomic E-state index is 14.1. The fourth-order valence-corrected chi connectivity index (χ4v) is 1.86. The molecule has 0 fully saturated rings. The van der Waals surface area contributed by atoms with Crippen molar-refractivity contribution in [1.29, 1.82) is 0 Å². The summed E-state index contributed by atoms with van der Waals surface area (Å²) in [6, 6.07) is 0.818. The van der Waals surface area contributed by atoms with Crippen LogP contribution in [0.25, 0.3) is 0 Å². The third-order valence-electron chi connectivity index (χ3n) is 2.64. The van der Waals surface area contributed by atoms with Crippen LogP contribution in [-0.4, -0.2) is 18.2 Å². The van der Waals surface area contributed by atoms with E-state index in [4.69, 9.17) is 27.2 Å². The molecule has 0 aromatic heterocycles. The molecule has 0 aliphatic carbocycles. The molecule has 0 bridgehead atoms. The molecule has 0 spiro atoms. The summed E-state index contributed by atoms with van der Waals surface area (Å²) in [5.74, 6) is -1.66. The third kappa shape index (κ3) is 3.11. The molecule has 0 amide bonds. The number of carboxylic acid groups (broad SMARTS) is 1. The molecule has 6 heteroatoms. The number of hydrogen-bond donors (Lipinski definition) is 2. The first kappa shape index (κ1) is 14.7. The molecule has 18 heavy (non-hydrogen) atoms. The van der Waals surface area contributed by atoms with Crippen molar-refractivity contribution in [2.75, 3.05) is 7.11 Å². The second-order valence-electron chi connectivity index (χ2n) is 3.98. The summed E-state index contributed by atoms with van der Waals surface area (Å²) in [7, 11) is 1.32. The maximum absolute atomic E-state index is 14.1. The summed E-state index contributed by atoms with van der Waals surface area (Å²) in [6.45, 7) is 1.71. The average Bonchev–Trinajstić information content (AvgIpc) is 2.31. The normalized spacial score (nSPS) is 12.3. The Morgan fingerprint density at radius 3 is 2.78 bits per heavy atom. The first-order valence-corrected chi connectivity index (χ1v) is 5.76. The van der Waals surface area contributed by atoms with Crippen molar-refractivity contribution in [1.82, 2.24) is 0 Å². The number of benzene rings is 1. The van der Waals surface area contributed by atoms with E-state index in [-0.39, 0.29) is 29.2 Å². The van der Waals surface area contributed by atoms with Crippen molar-refractivity contribution in [3.05, 3.63) is 28.0 Å². The number of aliphatic carboxylic acids is 1. The lowest BCUT2D eigenvalue weighted by Crippen LogP contribution is -2.15. The van der Waals surface area contributed by atoms with Crippen molar-refractivity contribution in [2.45, 2.75) is 25.8 Å². The molecule has 1 rings (SSSR count). The lowest BCUT2D eigenvalue weighted by molar-refractivity contribution is -0.137. The van der Waals surface area contributed by atoms with Crippen LogP contribution in [0.3, 0.4) is 0 Å². The molecule has 1 aromatic rings. The van der Waals surface area contributed by atoms with E-state index in [1.54, 1.807) is 6.92 Å². The maximum Gasteiger partial charge on any atom is 0.303 e. The number of rotatable bonds is 5. The predicted octanol–water partition coefficient (Wildman–Crippen LogP) is 2.66. The van der Waals surface area contributed by atoms with Crippen LogP contribution < -0.4 is 10.5 Å². The Kier molecular flexibility index (Phi) is 4.93. The van der Waals surface area contributed by atoms with E-state index in [2.05, 4.69) is 0 Å². The summed E-state index contributed by atoms with van der Waals surface area (Å²) in [5, 5.41) is 8.78. The van der Waals surface area contributed by atoms with Crippen molar-refractivity contribution in [2.24, 2.45) is 5.73 Å². The number of aryl methyl sites for hydroxylation is 1. The van der Waals surface area contributed by atoms with Gasteiger partial charge in [0.1, 0.15) is 0 Å². The van der Waals surface area contributed by atoms with Gasteiger partial charge < -0.3 is 15.6 Å². The molecule has 0 radical (unpaired) electrons. The van der Waals surface area contributed by atoms with Crippen LogP contribution in [0.1, 0.15) is 30.0 Å². The molecule has 1 aromatic carbocycles. The Morgan fingerprint density at radius 2 is 2.28 bits per heavy atom. The number of carbonyl (C=O) groups is 1. The molecule has 1 unspecified atom stereocenters. The summed E-state index contributed by atoms with van der Waals surface area (Å²) in [6.07, 6.45) is 0.0288. The van der Waals surface area contributed by atoms with Gasteiger partial charge in [0.2, 0.25) is 0 Å². The summed E-state index contributed by atoms with van der Waals surface area (Å²) < 4.78 is 18.9. The van der Waals surface area contributed by atoms with E-state index in [0.29, 0.717) is 5.56 Å². The van der Waals surface area contributed by atoms with E-state index in [1.165, 1.54) is 13.2 Å². The van der Waals surface area contributed by atoms with Crippen LogP contribution in [0, 0.1) is 12.7 Å². The molecule has 0 heterocycles. The zero-order chi connectivity index (χ0) is 13.9. The second-order valence-corrected chi connectivity index (χ2v) is 4.36. The van der Waals surface area contributed by atoms with Crippen molar-refractivity contribution in [3.8, 4) is 5.75 Å². The number of hydrogen-bond acceptors (Lipinski definition) is 3. The highest BCUT2D eigenvalue weighted by atomic mass is 35.5. The lowest BCUT2D eigenvalue weighted by Gasteiger charge is -2.16. The number of nitrogens with two attached hydrogens (primary N) is 1. The van der Waals surface area contributed by atoms with Gasteiger partial charge in [-0.05, 0) is 25.0 Å². The smallest absolute Gasteiger partial charge is 0.303 e. The first-order valence-electron chi connectivity index (χ1n) is 5.38. The summed E-state index contributed by atoms with van der Waals surface area (Å²) in [4.78, 5) is 10.5. The zero-order valence-corrected chi connectivity index (χ0v) is 10.9. The molecule has 0 aliphatic rings. The molecular formula is C12H15ClFNO3. The van der Waals surface area contributed by atoms with Gasteiger partial charge in [-0.25, -0.2) is 4.39 Å². The van der Waals surface area contributed by atoms with E-state index in [1.807, 2.05) is 0 Å². The minimum atomic E-state index is -0.969. The number of ether oxygens (including phenoxy) is 1. The first-order chi connectivity index (χ1) is 8.38. The highest BCUT2D eigenvalue weighted by Gasteiger charge is 2.20. The van der Waals surface area contributed by atoms with Gasteiger partial charge in [-0.15, -0.1) is 0 Å². The fourth-order valence-electron chi connectivity index (χ4n) is 1.65. The monoisotopic (exact) mass is 275 g/mol. The highest BCUT2D eigenvalue weighted by Crippen LogP contribution is 2.35. The number of methoxy groups -OCH3 is 1. The van der Waals surface area contributed by atoms with Gasteiger partial charge >= 0.3 is 5.97 Å². The molecule has 100 valence electrons. The van der Waals surface area contributed by atoms with Gasteiger partial charge in [-0.2, -0.15) is 0 Å². The van der Waals surface area contributed by atoms with Gasteiger partial charge in [-0.1, -0.05) is 11.6 Å². The minimum absolute atomic E-state index is 0.0579. The Hall–Kier alpha value is -1.33. The Morgan fingerprint density at radius 1 is 1.67 bits per heavy atom. The lowest BCUT2D eigenvalue weighted by atomic mass is 9.99. The van der Waals surface area contributed by atoms with Crippen molar-refractivity contribution >= 4 is 17.6 Å². The number of carboxylic acids is 1. The molecule has 0 saturated carbocycles. The van der Waals surface area contributed by atoms with E-state index < -0.39 is 17.8 Å². The van der Waals surface area contributed by atoms with Crippen molar-refractivity contribution in [3.63, 3.8) is 0 Å². The van der Waals surface area contributed by atoms with Gasteiger partial charge in [0.05, 0.1) is 12.1 Å². The third-order valence-corrected chi connectivity index (χ3v) is 3.11. The van der Waals surface area contributed by atoms with Crippen molar-refractivity contribution < 1.29 is 19.0 Å². The fraction of sp³-hybridized carbons (Fsp3) is 0.417. The van der Waals surface area contributed by atoms with E-state index >= 15 is 0 Å². The largest absolute Gasteiger partial charge is 0.492 e. The SMILES string of the molecule is COc1c(F)c(C(N)CCC(=O)O)cc(C)c1Cl. The van der Waals surface area contributed by atoms with Crippen LogP contribution >= 0.6 is 11.6 Å². The summed E-state index contributed by atoms with van der Waals surface area (Å²) in [5.41, 5.74) is 6.64. The molecule has 0 aliphatic heterocycles. The number of halogens is 2. The summed E-state index contributed by atoms with van der Waals surface area (Å²) >= 11 is 5.90. The van der Waals surface area contributed by atoms with Crippen LogP contribution in [-0.2, 0) is 4.79 Å². The van der Waals surface area contributed by atoms with Gasteiger partial charge in [0.25, 0.3) is 0 Å². The molecule has 0 saturated heterocycles. The Bertz CT molecular complexity index is 465. The zero-order valence-electron chi connectivity index (χ0n) is 10.2. The second kappa shape index (κ2) is 6.02. The van der Waals surface area contributed by atoms with Crippen LogP contribution in [0.2, 0.25) is 5.02 Å². The van der Waals surface area contributed by atoms with E-state index in [0.717, 1.165) is 0 Å². The van der Waals surface area contributed by atoms with Crippen LogP contribution in [0.15, 0.2) is 6.07 Å². The molecule has 1 atom stereocenters. The van der Waals surface area contributed by atoms with Gasteiger partial charge in [-0.3, -0.25) is 4.79 Å². The van der Waals surface area contributed by atoms with E-state index in [9.17, 15) is 9.18 Å².